The van der Waals surface area contributed by atoms with Crippen molar-refractivity contribution in [3.05, 3.63) is 0 Å². The number of nitrogens with zero attached hydrogens (tertiary/aromatic N) is 1. The van der Waals surface area contributed by atoms with Crippen LogP contribution in [0.1, 0.15) is 104 Å². The Labute approximate surface area is 150 Å². The first-order valence-electron chi connectivity index (χ1n) is 11.0. The van der Waals surface area contributed by atoms with Gasteiger partial charge in [0.15, 0.2) is 0 Å². The van der Waals surface area contributed by atoms with Crippen molar-refractivity contribution in [2.45, 2.75) is 104 Å². The third kappa shape index (κ3) is 4.56. The van der Waals surface area contributed by atoms with Crippen molar-refractivity contribution in [2.24, 2.45) is 35.0 Å². The first kappa shape index (κ1) is 18.3. The molecule has 0 spiro atoms. The van der Waals surface area contributed by atoms with E-state index < -0.39 is 0 Å². The second-order valence-electron chi connectivity index (χ2n) is 9.91. The van der Waals surface area contributed by atoms with Gasteiger partial charge in [-0.15, -0.1) is 0 Å². The van der Waals surface area contributed by atoms with Crippen LogP contribution >= 0.6 is 0 Å². The lowest BCUT2D eigenvalue weighted by molar-refractivity contribution is 0.113. The monoisotopic (exact) mass is 329 g/mol. The van der Waals surface area contributed by atoms with Crippen molar-refractivity contribution in [1.29, 1.82) is 5.26 Å². The Hall–Kier alpha value is -0.510. The van der Waals surface area contributed by atoms with Crippen LogP contribution in [0.5, 0.6) is 0 Å². The molecule has 0 saturated heterocycles. The van der Waals surface area contributed by atoms with Crippen molar-refractivity contribution in [3.63, 3.8) is 0 Å². The SMILES string of the molecule is CC1CCC(CCC2(C#N)CCC(C3CCC(C)CC3)CC2)CC1. The summed E-state index contributed by atoms with van der Waals surface area (Å²) in [5, 5.41) is 9.89. The van der Waals surface area contributed by atoms with E-state index in [0.717, 1.165) is 29.6 Å². The van der Waals surface area contributed by atoms with E-state index in [1.165, 1.54) is 89.9 Å². The Morgan fingerprint density at radius 1 is 0.750 bits per heavy atom. The first-order valence-corrected chi connectivity index (χ1v) is 11.0. The van der Waals surface area contributed by atoms with E-state index in [2.05, 4.69) is 19.9 Å². The molecule has 3 fully saturated rings. The Morgan fingerprint density at radius 2 is 1.25 bits per heavy atom. The minimum absolute atomic E-state index is 0.0432. The van der Waals surface area contributed by atoms with Crippen molar-refractivity contribution in [3.8, 4) is 6.07 Å². The average Bonchev–Trinajstić information content (AvgIpc) is 2.62. The summed E-state index contributed by atoms with van der Waals surface area (Å²) in [5.74, 6) is 4.75. The van der Waals surface area contributed by atoms with E-state index in [0.29, 0.717) is 0 Å². The molecule has 3 aliphatic carbocycles. The van der Waals surface area contributed by atoms with Crippen LogP contribution in [0.3, 0.4) is 0 Å². The van der Waals surface area contributed by atoms with Crippen LogP contribution in [-0.4, -0.2) is 0 Å². The first-order chi connectivity index (χ1) is 11.6. The lowest BCUT2D eigenvalue weighted by atomic mass is 9.63. The normalized spacial score (nSPS) is 44.0. The summed E-state index contributed by atoms with van der Waals surface area (Å²) in [7, 11) is 0. The third-order valence-corrected chi connectivity index (χ3v) is 8.12. The Kier molecular flexibility index (Phi) is 6.28. The molecule has 1 nitrogen and oxygen atoms in total. The highest BCUT2D eigenvalue weighted by atomic mass is 14.4. The smallest absolute Gasteiger partial charge is 0.0689 e. The second-order valence-corrected chi connectivity index (χ2v) is 9.91. The molecule has 0 aromatic rings. The fraction of sp³-hybridized carbons (Fsp3) is 0.957. The van der Waals surface area contributed by atoms with Gasteiger partial charge in [0, 0.05) is 0 Å². The lowest BCUT2D eigenvalue weighted by Crippen LogP contribution is -2.31. The summed E-state index contributed by atoms with van der Waals surface area (Å²) >= 11 is 0. The van der Waals surface area contributed by atoms with E-state index in [1.807, 2.05) is 0 Å². The lowest BCUT2D eigenvalue weighted by Gasteiger charge is -2.41. The number of rotatable bonds is 4. The van der Waals surface area contributed by atoms with E-state index in [4.69, 9.17) is 0 Å². The zero-order valence-corrected chi connectivity index (χ0v) is 16.2. The predicted molar refractivity (Wildman–Crippen MR) is 101 cm³/mol. The summed E-state index contributed by atoms with van der Waals surface area (Å²) in [4.78, 5) is 0. The van der Waals surface area contributed by atoms with Gasteiger partial charge in [-0.05, 0) is 81.0 Å². The largest absolute Gasteiger partial charge is 0.198 e. The molecule has 0 atom stereocenters. The second kappa shape index (κ2) is 8.25. The van der Waals surface area contributed by atoms with Gasteiger partial charge in [0.25, 0.3) is 0 Å². The molecule has 0 amide bonds. The molecule has 24 heavy (non-hydrogen) atoms. The molecule has 1 heteroatoms. The van der Waals surface area contributed by atoms with Gasteiger partial charge < -0.3 is 0 Å². The van der Waals surface area contributed by atoms with Crippen molar-refractivity contribution >= 4 is 0 Å². The molecule has 0 aromatic heterocycles. The minimum atomic E-state index is 0.0432. The van der Waals surface area contributed by atoms with E-state index in [9.17, 15) is 5.26 Å². The van der Waals surface area contributed by atoms with E-state index >= 15 is 0 Å². The molecule has 0 N–H and O–H groups in total. The van der Waals surface area contributed by atoms with Crippen LogP contribution in [-0.2, 0) is 0 Å². The molecule has 3 rings (SSSR count). The summed E-state index contributed by atoms with van der Waals surface area (Å²) in [6, 6.07) is 2.80. The average molecular weight is 330 g/mol. The predicted octanol–water partition coefficient (Wildman–Crippen LogP) is 7.12. The van der Waals surface area contributed by atoms with Crippen molar-refractivity contribution in [2.75, 3.05) is 0 Å². The maximum absolute atomic E-state index is 9.89. The fourth-order valence-corrected chi connectivity index (χ4v) is 5.94. The zero-order chi connectivity index (χ0) is 17.0. The molecule has 0 bridgehead atoms. The highest BCUT2D eigenvalue weighted by Crippen LogP contribution is 2.48. The van der Waals surface area contributed by atoms with Gasteiger partial charge in [0.2, 0.25) is 0 Å². The van der Waals surface area contributed by atoms with Gasteiger partial charge in [0.1, 0.15) is 0 Å². The topological polar surface area (TPSA) is 23.8 Å². The number of hydrogen-bond acceptors (Lipinski definition) is 1. The van der Waals surface area contributed by atoms with Crippen LogP contribution in [0.25, 0.3) is 0 Å². The fourth-order valence-electron chi connectivity index (χ4n) is 5.94. The molecule has 0 aliphatic heterocycles. The van der Waals surface area contributed by atoms with Crippen LogP contribution in [0.15, 0.2) is 0 Å². The summed E-state index contributed by atoms with van der Waals surface area (Å²) in [6.07, 6.45) is 19.1. The maximum atomic E-state index is 9.89. The van der Waals surface area contributed by atoms with Gasteiger partial charge in [-0.1, -0.05) is 52.4 Å². The summed E-state index contributed by atoms with van der Waals surface area (Å²) in [6.45, 7) is 4.82. The van der Waals surface area contributed by atoms with E-state index in [-0.39, 0.29) is 5.41 Å². The Balaban J connectivity index is 1.44. The van der Waals surface area contributed by atoms with Gasteiger partial charge in [0.05, 0.1) is 11.5 Å². The Bertz CT molecular complexity index is 410. The van der Waals surface area contributed by atoms with Gasteiger partial charge in [-0.2, -0.15) is 5.26 Å². The van der Waals surface area contributed by atoms with E-state index in [1.54, 1.807) is 0 Å². The van der Waals surface area contributed by atoms with Crippen LogP contribution in [0.4, 0.5) is 0 Å². The summed E-state index contributed by atoms with van der Waals surface area (Å²) in [5.41, 5.74) is 0.0432. The highest BCUT2D eigenvalue weighted by molar-refractivity contribution is 5.02. The zero-order valence-electron chi connectivity index (χ0n) is 16.2. The van der Waals surface area contributed by atoms with Gasteiger partial charge in [-0.25, -0.2) is 0 Å². The van der Waals surface area contributed by atoms with Crippen molar-refractivity contribution < 1.29 is 0 Å². The Morgan fingerprint density at radius 3 is 1.79 bits per heavy atom. The quantitative estimate of drug-likeness (QED) is 0.538. The van der Waals surface area contributed by atoms with Crippen LogP contribution < -0.4 is 0 Å². The van der Waals surface area contributed by atoms with Crippen LogP contribution in [0, 0.1) is 46.3 Å². The molecule has 0 heterocycles. The highest BCUT2D eigenvalue weighted by Gasteiger charge is 2.38. The number of nitriles is 1. The summed E-state index contributed by atoms with van der Waals surface area (Å²) < 4.78 is 0. The van der Waals surface area contributed by atoms with Crippen molar-refractivity contribution in [1.82, 2.24) is 0 Å². The van der Waals surface area contributed by atoms with Gasteiger partial charge in [-0.3, -0.25) is 0 Å². The van der Waals surface area contributed by atoms with Crippen LogP contribution in [0.2, 0.25) is 0 Å². The maximum Gasteiger partial charge on any atom is 0.0689 e. The number of hydrogen-bond donors (Lipinski definition) is 0. The molecular formula is C23H39N. The minimum Gasteiger partial charge on any atom is -0.198 e. The molecule has 136 valence electrons. The molecular weight excluding hydrogens is 290 g/mol. The molecule has 3 saturated carbocycles. The molecule has 0 aromatic carbocycles. The molecule has 0 unspecified atom stereocenters. The molecule has 0 radical (unpaired) electrons. The third-order valence-electron chi connectivity index (χ3n) is 8.12. The molecule has 3 aliphatic rings. The van der Waals surface area contributed by atoms with Gasteiger partial charge >= 0.3 is 0 Å². The standard InChI is InChI=1S/C23H39N/c1-18-3-7-20(8-4-18)11-14-23(17-24)15-12-22(13-16-23)21-9-5-19(2)6-10-21/h18-22H,3-16H2,1-2H3.